The van der Waals surface area contributed by atoms with Crippen molar-refractivity contribution in [2.45, 2.75) is 0 Å². The Balaban J connectivity index is 1.66. The number of hydrogen-bond donors (Lipinski definition) is 2. The maximum absolute atomic E-state index is 11.5. The molecule has 108 valence electrons. The number of carbonyl (C=O) groups is 2. The molecule has 0 aliphatic rings. The lowest BCUT2D eigenvalue weighted by atomic mass is 10.3. The van der Waals surface area contributed by atoms with Crippen molar-refractivity contribution in [2.24, 2.45) is 0 Å². The van der Waals surface area contributed by atoms with E-state index in [0.717, 1.165) is 0 Å². The number of nitrogens with zero attached hydrogens (tertiary/aromatic N) is 1. The lowest BCUT2D eigenvalue weighted by Crippen LogP contribution is -2.33. The molecule has 0 radical (unpaired) electrons. The highest BCUT2D eigenvalue weighted by molar-refractivity contribution is 5.92. The predicted molar refractivity (Wildman–Crippen MR) is 77.3 cm³/mol. The second-order valence-electron chi connectivity index (χ2n) is 4.11. The molecule has 2 rings (SSSR count). The van der Waals surface area contributed by atoms with E-state index in [9.17, 15) is 9.59 Å². The molecule has 0 bridgehead atoms. The van der Waals surface area contributed by atoms with E-state index in [-0.39, 0.29) is 17.6 Å². The van der Waals surface area contributed by atoms with Crippen molar-refractivity contribution in [1.29, 1.82) is 0 Å². The zero-order valence-electron chi connectivity index (χ0n) is 11.3. The third-order valence-corrected chi connectivity index (χ3v) is 2.55. The smallest absolute Gasteiger partial charge is 0.287 e. The summed E-state index contributed by atoms with van der Waals surface area (Å²) in [4.78, 5) is 27.1. The molecule has 0 aliphatic carbocycles. The van der Waals surface area contributed by atoms with Gasteiger partial charge in [-0.15, -0.1) is 0 Å². The minimum atomic E-state index is -0.307. The Morgan fingerprint density at radius 1 is 1.14 bits per heavy atom. The molecule has 0 saturated heterocycles. The molecular weight excluding hydrogens is 270 g/mol. The van der Waals surface area contributed by atoms with Gasteiger partial charge in [0.2, 0.25) is 5.91 Å². The van der Waals surface area contributed by atoms with Gasteiger partial charge in [-0.3, -0.25) is 14.6 Å². The van der Waals surface area contributed by atoms with Crippen LogP contribution < -0.4 is 10.6 Å². The molecule has 0 fully saturated rings. The number of furan rings is 1. The first-order valence-electron chi connectivity index (χ1n) is 6.44. The van der Waals surface area contributed by atoms with Gasteiger partial charge < -0.3 is 15.1 Å². The van der Waals surface area contributed by atoms with Crippen molar-refractivity contribution in [3.8, 4) is 0 Å². The van der Waals surface area contributed by atoms with Gasteiger partial charge in [0.25, 0.3) is 5.91 Å². The van der Waals surface area contributed by atoms with Gasteiger partial charge in [-0.05, 0) is 30.3 Å². The van der Waals surface area contributed by atoms with E-state index in [1.807, 2.05) is 6.07 Å². The molecule has 2 N–H and O–H groups in total. The first-order chi connectivity index (χ1) is 10.3. The van der Waals surface area contributed by atoms with Gasteiger partial charge >= 0.3 is 0 Å². The molecule has 0 saturated carbocycles. The quantitative estimate of drug-likeness (QED) is 0.617. The van der Waals surface area contributed by atoms with Gasteiger partial charge in [0.1, 0.15) is 0 Å². The molecule has 0 spiro atoms. The summed E-state index contributed by atoms with van der Waals surface area (Å²) in [5.41, 5.74) is 0.707. The van der Waals surface area contributed by atoms with Crippen LogP contribution in [0.25, 0.3) is 6.08 Å². The van der Waals surface area contributed by atoms with E-state index in [1.54, 1.807) is 36.5 Å². The summed E-state index contributed by atoms with van der Waals surface area (Å²) >= 11 is 0. The Labute approximate surface area is 121 Å². The van der Waals surface area contributed by atoms with Gasteiger partial charge in [0, 0.05) is 25.4 Å². The highest BCUT2D eigenvalue weighted by Gasteiger charge is 2.06. The molecule has 21 heavy (non-hydrogen) atoms. The monoisotopic (exact) mass is 285 g/mol. The summed E-state index contributed by atoms with van der Waals surface area (Å²) in [5.74, 6) is -0.303. The number of carbonyl (C=O) groups excluding carboxylic acids is 2. The van der Waals surface area contributed by atoms with Crippen molar-refractivity contribution in [1.82, 2.24) is 15.6 Å². The van der Waals surface area contributed by atoms with Gasteiger partial charge in [-0.1, -0.05) is 6.07 Å². The van der Waals surface area contributed by atoms with Crippen LogP contribution in [0.5, 0.6) is 0 Å². The average Bonchev–Trinajstić information content (AvgIpc) is 3.05. The lowest BCUT2D eigenvalue weighted by Gasteiger charge is -2.03. The van der Waals surface area contributed by atoms with E-state index >= 15 is 0 Å². The molecule has 2 aromatic rings. The van der Waals surface area contributed by atoms with Crippen LogP contribution in [0.4, 0.5) is 0 Å². The fraction of sp³-hybridized carbons (Fsp3) is 0.133. The summed E-state index contributed by atoms with van der Waals surface area (Å²) in [6.07, 6.45) is 6.11. The van der Waals surface area contributed by atoms with Crippen molar-refractivity contribution >= 4 is 17.9 Å². The first kappa shape index (κ1) is 14.5. The van der Waals surface area contributed by atoms with Crippen molar-refractivity contribution in [2.75, 3.05) is 13.1 Å². The Morgan fingerprint density at radius 2 is 2.00 bits per heavy atom. The van der Waals surface area contributed by atoms with Crippen LogP contribution in [-0.2, 0) is 4.79 Å². The first-order valence-corrected chi connectivity index (χ1v) is 6.44. The average molecular weight is 285 g/mol. The molecule has 0 aliphatic heterocycles. The molecule has 2 amide bonds. The molecule has 6 nitrogen and oxygen atoms in total. The minimum Gasteiger partial charge on any atom is -0.459 e. The highest BCUT2D eigenvalue weighted by Crippen LogP contribution is 1.98. The fourth-order valence-corrected chi connectivity index (χ4v) is 1.55. The number of amides is 2. The Bertz CT molecular complexity index is 606. The van der Waals surface area contributed by atoms with Crippen LogP contribution in [-0.4, -0.2) is 29.9 Å². The van der Waals surface area contributed by atoms with Gasteiger partial charge in [-0.25, -0.2) is 0 Å². The summed E-state index contributed by atoms with van der Waals surface area (Å²) in [7, 11) is 0. The van der Waals surface area contributed by atoms with Gasteiger partial charge in [0.05, 0.1) is 12.0 Å². The SMILES string of the molecule is O=C(/C=C/c1ccccn1)NCCNC(=O)c1ccco1. The van der Waals surface area contributed by atoms with Gasteiger partial charge in [-0.2, -0.15) is 0 Å². The second kappa shape index (κ2) is 7.64. The molecule has 0 atom stereocenters. The van der Waals surface area contributed by atoms with Crippen molar-refractivity contribution in [3.63, 3.8) is 0 Å². The topological polar surface area (TPSA) is 84.2 Å². The van der Waals surface area contributed by atoms with E-state index in [4.69, 9.17) is 4.42 Å². The van der Waals surface area contributed by atoms with Crippen LogP contribution in [0.15, 0.2) is 53.3 Å². The normalized spacial score (nSPS) is 10.5. The lowest BCUT2D eigenvalue weighted by molar-refractivity contribution is -0.116. The number of rotatable bonds is 6. The van der Waals surface area contributed by atoms with Crippen LogP contribution in [0.3, 0.4) is 0 Å². The third kappa shape index (κ3) is 4.94. The maximum atomic E-state index is 11.5. The van der Waals surface area contributed by atoms with Gasteiger partial charge in [0.15, 0.2) is 5.76 Å². The van der Waals surface area contributed by atoms with Crippen LogP contribution in [0.2, 0.25) is 0 Å². The molecule has 2 heterocycles. The summed E-state index contributed by atoms with van der Waals surface area (Å²) in [5, 5.41) is 5.29. The number of nitrogens with one attached hydrogen (secondary N) is 2. The molecule has 0 aromatic carbocycles. The maximum Gasteiger partial charge on any atom is 0.287 e. The van der Waals surface area contributed by atoms with E-state index in [1.165, 1.54) is 12.3 Å². The van der Waals surface area contributed by atoms with Crippen LogP contribution in [0, 0.1) is 0 Å². The zero-order chi connectivity index (χ0) is 14.9. The highest BCUT2D eigenvalue weighted by atomic mass is 16.3. The van der Waals surface area contributed by atoms with E-state index < -0.39 is 0 Å². The van der Waals surface area contributed by atoms with Crippen molar-refractivity contribution in [3.05, 3.63) is 60.3 Å². The van der Waals surface area contributed by atoms with E-state index in [0.29, 0.717) is 18.8 Å². The molecule has 0 unspecified atom stereocenters. The Kier molecular flexibility index (Phi) is 5.28. The summed E-state index contributed by atoms with van der Waals surface area (Å²) < 4.78 is 4.94. The summed E-state index contributed by atoms with van der Waals surface area (Å²) in [6.45, 7) is 0.653. The molecule has 6 heteroatoms. The fourth-order valence-electron chi connectivity index (χ4n) is 1.55. The molecule has 2 aromatic heterocycles. The largest absolute Gasteiger partial charge is 0.459 e. The minimum absolute atomic E-state index is 0.243. The van der Waals surface area contributed by atoms with Crippen molar-refractivity contribution < 1.29 is 14.0 Å². The second-order valence-corrected chi connectivity index (χ2v) is 4.11. The predicted octanol–water partition coefficient (Wildman–Crippen LogP) is 1.23. The third-order valence-electron chi connectivity index (χ3n) is 2.55. The standard InChI is InChI=1S/C15H15N3O3/c19-14(7-6-12-4-1-2-8-16-12)17-9-10-18-15(20)13-5-3-11-21-13/h1-8,11H,9-10H2,(H,17,19)(H,18,20)/b7-6+. The van der Waals surface area contributed by atoms with E-state index in [2.05, 4.69) is 15.6 Å². The van der Waals surface area contributed by atoms with Crippen LogP contribution in [0.1, 0.15) is 16.2 Å². The summed E-state index contributed by atoms with van der Waals surface area (Å²) in [6, 6.07) is 8.66. The number of hydrogen-bond acceptors (Lipinski definition) is 4. The van der Waals surface area contributed by atoms with Crippen LogP contribution >= 0.6 is 0 Å². The Morgan fingerprint density at radius 3 is 2.71 bits per heavy atom. The number of aromatic nitrogens is 1. The number of pyridine rings is 1. The molecular formula is C15H15N3O3. The Hall–Kier alpha value is -2.89. The zero-order valence-corrected chi connectivity index (χ0v) is 11.3.